The van der Waals surface area contributed by atoms with Crippen molar-refractivity contribution in [2.75, 3.05) is 7.11 Å². The molecule has 96 valence electrons. The van der Waals surface area contributed by atoms with E-state index in [1.807, 2.05) is 12.1 Å². The molecule has 0 aliphatic heterocycles. The number of rotatable bonds is 5. The number of benzene rings is 1. The fourth-order valence-electron chi connectivity index (χ4n) is 1.72. The van der Waals surface area contributed by atoms with Gasteiger partial charge in [-0.25, -0.2) is 4.68 Å². The summed E-state index contributed by atoms with van der Waals surface area (Å²) in [6.07, 6.45) is 0. The first-order chi connectivity index (χ1) is 8.76. The summed E-state index contributed by atoms with van der Waals surface area (Å²) in [5.74, 6) is 0.210. The molecule has 0 fully saturated rings. The van der Waals surface area contributed by atoms with Crippen molar-refractivity contribution in [3.05, 3.63) is 41.2 Å². The van der Waals surface area contributed by atoms with Gasteiger partial charge in [0.15, 0.2) is 0 Å². The molecular formula is C12H15N3O3. The zero-order valence-corrected chi connectivity index (χ0v) is 10.1. The topological polar surface area (TPSA) is 80.4 Å². The van der Waals surface area contributed by atoms with Gasteiger partial charge >= 0.3 is 0 Å². The van der Waals surface area contributed by atoms with Gasteiger partial charge in [0.1, 0.15) is 11.4 Å². The van der Waals surface area contributed by atoms with E-state index in [9.17, 15) is 5.11 Å². The number of aliphatic hydroxyl groups is 1. The SMILES string of the molecule is COCc1c(CO)nnn1Cc1ccccc1O. The Morgan fingerprint density at radius 3 is 2.78 bits per heavy atom. The van der Waals surface area contributed by atoms with Crippen molar-refractivity contribution in [1.82, 2.24) is 15.0 Å². The minimum atomic E-state index is -0.181. The molecule has 0 bridgehead atoms. The molecule has 0 amide bonds. The van der Waals surface area contributed by atoms with E-state index in [1.54, 1.807) is 23.9 Å². The molecule has 2 aromatic rings. The first kappa shape index (κ1) is 12.5. The van der Waals surface area contributed by atoms with Crippen LogP contribution in [0.1, 0.15) is 17.0 Å². The minimum absolute atomic E-state index is 0.181. The van der Waals surface area contributed by atoms with E-state index in [2.05, 4.69) is 10.3 Å². The molecule has 6 nitrogen and oxygen atoms in total. The zero-order valence-electron chi connectivity index (χ0n) is 10.1. The van der Waals surface area contributed by atoms with Crippen molar-refractivity contribution in [2.24, 2.45) is 0 Å². The van der Waals surface area contributed by atoms with Gasteiger partial charge < -0.3 is 14.9 Å². The highest BCUT2D eigenvalue weighted by Crippen LogP contribution is 2.18. The van der Waals surface area contributed by atoms with Crippen LogP contribution in [0.25, 0.3) is 0 Å². The van der Waals surface area contributed by atoms with Crippen LogP contribution in [-0.2, 0) is 24.5 Å². The van der Waals surface area contributed by atoms with E-state index in [0.29, 0.717) is 24.5 Å². The maximum absolute atomic E-state index is 9.71. The Hall–Kier alpha value is -1.92. The predicted molar refractivity (Wildman–Crippen MR) is 63.9 cm³/mol. The summed E-state index contributed by atoms with van der Waals surface area (Å²) in [6, 6.07) is 7.03. The minimum Gasteiger partial charge on any atom is -0.508 e. The Labute approximate surface area is 104 Å². The molecular weight excluding hydrogens is 234 g/mol. The van der Waals surface area contributed by atoms with Crippen LogP contribution in [0.15, 0.2) is 24.3 Å². The summed E-state index contributed by atoms with van der Waals surface area (Å²) in [7, 11) is 1.57. The van der Waals surface area contributed by atoms with Gasteiger partial charge in [0.25, 0.3) is 0 Å². The van der Waals surface area contributed by atoms with Crippen LogP contribution < -0.4 is 0 Å². The number of phenolic OH excluding ortho intramolecular Hbond substituents is 1. The van der Waals surface area contributed by atoms with E-state index in [1.165, 1.54) is 0 Å². The quantitative estimate of drug-likeness (QED) is 0.814. The number of methoxy groups -OCH3 is 1. The van der Waals surface area contributed by atoms with Gasteiger partial charge in [-0.05, 0) is 6.07 Å². The number of nitrogens with zero attached hydrogens (tertiary/aromatic N) is 3. The largest absolute Gasteiger partial charge is 0.508 e. The van der Waals surface area contributed by atoms with Crippen molar-refractivity contribution in [1.29, 1.82) is 0 Å². The lowest BCUT2D eigenvalue weighted by molar-refractivity contribution is 0.173. The molecule has 0 atom stereocenters. The summed E-state index contributed by atoms with van der Waals surface area (Å²) in [5.41, 5.74) is 1.94. The number of hydrogen-bond acceptors (Lipinski definition) is 5. The molecule has 1 aromatic carbocycles. The Morgan fingerprint density at radius 1 is 1.33 bits per heavy atom. The summed E-state index contributed by atoms with van der Waals surface area (Å²) >= 11 is 0. The average Bonchev–Trinajstić information content (AvgIpc) is 2.75. The Kier molecular flexibility index (Phi) is 3.91. The van der Waals surface area contributed by atoms with Crippen molar-refractivity contribution in [3.8, 4) is 5.75 Å². The van der Waals surface area contributed by atoms with E-state index >= 15 is 0 Å². The molecule has 18 heavy (non-hydrogen) atoms. The standard InChI is InChI=1S/C12H15N3O3/c1-18-8-11-10(7-16)13-14-15(11)6-9-4-2-3-5-12(9)17/h2-5,16-17H,6-8H2,1H3. The number of para-hydroxylation sites is 1. The summed E-state index contributed by atoms with van der Waals surface area (Å²) in [4.78, 5) is 0. The number of ether oxygens (including phenoxy) is 1. The molecule has 0 unspecified atom stereocenters. The number of phenols is 1. The van der Waals surface area contributed by atoms with Crippen LogP contribution in [0.5, 0.6) is 5.75 Å². The van der Waals surface area contributed by atoms with Crippen LogP contribution in [0.4, 0.5) is 0 Å². The second-order valence-electron chi connectivity index (χ2n) is 3.86. The maximum atomic E-state index is 9.71. The highest BCUT2D eigenvalue weighted by Gasteiger charge is 2.13. The second kappa shape index (κ2) is 5.61. The van der Waals surface area contributed by atoms with Gasteiger partial charge in [0.2, 0.25) is 0 Å². The molecule has 0 saturated carbocycles. The third-order valence-corrected chi connectivity index (χ3v) is 2.66. The second-order valence-corrected chi connectivity index (χ2v) is 3.86. The van der Waals surface area contributed by atoms with Crippen molar-refractivity contribution >= 4 is 0 Å². The zero-order chi connectivity index (χ0) is 13.0. The monoisotopic (exact) mass is 249 g/mol. The molecule has 2 rings (SSSR count). The highest BCUT2D eigenvalue weighted by molar-refractivity contribution is 5.32. The molecule has 6 heteroatoms. The molecule has 0 spiro atoms. The van der Waals surface area contributed by atoms with Crippen LogP contribution in [0, 0.1) is 0 Å². The van der Waals surface area contributed by atoms with Gasteiger partial charge in [-0.1, -0.05) is 23.4 Å². The van der Waals surface area contributed by atoms with Crippen LogP contribution in [0.3, 0.4) is 0 Å². The van der Waals surface area contributed by atoms with Gasteiger partial charge in [-0.2, -0.15) is 0 Å². The highest BCUT2D eigenvalue weighted by atomic mass is 16.5. The maximum Gasteiger partial charge on any atom is 0.120 e. The lowest BCUT2D eigenvalue weighted by Gasteiger charge is -2.08. The van der Waals surface area contributed by atoms with Crippen LogP contribution in [-0.4, -0.2) is 32.3 Å². The first-order valence-electron chi connectivity index (χ1n) is 5.54. The van der Waals surface area contributed by atoms with E-state index < -0.39 is 0 Å². The molecule has 0 radical (unpaired) electrons. The van der Waals surface area contributed by atoms with E-state index in [0.717, 1.165) is 5.56 Å². The smallest absolute Gasteiger partial charge is 0.120 e. The summed E-state index contributed by atoms with van der Waals surface area (Å²) < 4.78 is 6.68. The molecule has 0 saturated heterocycles. The number of hydrogen-bond donors (Lipinski definition) is 2. The lowest BCUT2D eigenvalue weighted by atomic mass is 10.2. The van der Waals surface area contributed by atoms with Crippen molar-refractivity contribution < 1.29 is 14.9 Å². The number of aromatic hydroxyl groups is 1. The number of aliphatic hydroxyl groups excluding tert-OH is 1. The van der Waals surface area contributed by atoms with Crippen LogP contribution in [0.2, 0.25) is 0 Å². The molecule has 0 aliphatic rings. The van der Waals surface area contributed by atoms with Gasteiger partial charge in [-0.3, -0.25) is 0 Å². The average molecular weight is 249 g/mol. The Balaban J connectivity index is 2.29. The third-order valence-electron chi connectivity index (χ3n) is 2.66. The van der Waals surface area contributed by atoms with Gasteiger partial charge in [0.05, 0.1) is 25.5 Å². The number of aromatic nitrogens is 3. The fourth-order valence-corrected chi connectivity index (χ4v) is 1.72. The molecule has 2 N–H and O–H groups in total. The van der Waals surface area contributed by atoms with Crippen LogP contribution >= 0.6 is 0 Å². The lowest BCUT2D eigenvalue weighted by Crippen LogP contribution is -2.08. The van der Waals surface area contributed by atoms with E-state index in [-0.39, 0.29) is 12.4 Å². The van der Waals surface area contributed by atoms with Crippen molar-refractivity contribution in [3.63, 3.8) is 0 Å². The molecule has 1 heterocycles. The fraction of sp³-hybridized carbons (Fsp3) is 0.333. The predicted octanol–water partition coefficient (Wildman–Crippen LogP) is 0.671. The Morgan fingerprint density at radius 2 is 2.11 bits per heavy atom. The van der Waals surface area contributed by atoms with E-state index in [4.69, 9.17) is 9.84 Å². The Bertz CT molecular complexity index is 525. The van der Waals surface area contributed by atoms with Gasteiger partial charge in [-0.15, -0.1) is 5.10 Å². The summed E-state index contributed by atoms with van der Waals surface area (Å²) in [6.45, 7) is 0.522. The molecule has 1 aromatic heterocycles. The van der Waals surface area contributed by atoms with Gasteiger partial charge in [0, 0.05) is 12.7 Å². The normalized spacial score (nSPS) is 10.8. The first-order valence-corrected chi connectivity index (χ1v) is 5.54. The summed E-state index contributed by atoms with van der Waals surface area (Å²) in [5, 5.41) is 26.7. The third kappa shape index (κ3) is 2.49. The molecule has 0 aliphatic carbocycles. The van der Waals surface area contributed by atoms with Crippen molar-refractivity contribution in [2.45, 2.75) is 19.8 Å².